The first-order valence-electron chi connectivity index (χ1n) is 14.4. The van der Waals surface area contributed by atoms with Crippen LogP contribution in [-0.4, -0.2) is 44.7 Å². The number of anilines is 2. The normalized spacial score (nSPS) is 17.5. The van der Waals surface area contributed by atoms with Crippen molar-refractivity contribution in [2.75, 3.05) is 23.7 Å². The van der Waals surface area contributed by atoms with Crippen molar-refractivity contribution in [1.82, 2.24) is 30.2 Å². The summed E-state index contributed by atoms with van der Waals surface area (Å²) in [6.45, 7) is 2.80. The summed E-state index contributed by atoms with van der Waals surface area (Å²) in [6.07, 6.45) is 8.10. The van der Waals surface area contributed by atoms with Crippen LogP contribution < -0.4 is 21.3 Å². The first kappa shape index (κ1) is 28.3. The highest BCUT2D eigenvalue weighted by molar-refractivity contribution is 6.33. The summed E-state index contributed by atoms with van der Waals surface area (Å²) in [5, 5.41) is 12.9. The molecule has 2 aromatic carbocycles. The lowest BCUT2D eigenvalue weighted by Crippen LogP contribution is -2.36. The number of piperidine rings is 1. The van der Waals surface area contributed by atoms with Crippen LogP contribution in [0.5, 0.6) is 0 Å². The van der Waals surface area contributed by atoms with E-state index in [-0.39, 0.29) is 18.6 Å². The van der Waals surface area contributed by atoms with E-state index in [1.807, 2.05) is 12.1 Å². The molecule has 9 nitrogen and oxygen atoms in total. The number of rotatable bonds is 8. The molecule has 1 saturated carbocycles. The van der Waals surface area contributed by atoms with Gasteiger partial charge in [-0.05, 0) is 80.6 Å². The predicted molar refractivity (Wildman–Crippen MR) is 159 cm³/mol. The number of urea groups is 1. The van der Waals surface area contributed by atoms with E-state index in [9.17, 15) is 13.6 Å². The van der Waals surface area contributed by atoms with Crippen LogP contribution in [0.4, 0.5) is 25.2 Å². The first-order chi connectivity index (χ1) is 20.4. The highest BCUT2D eigenvalue weighted by atomic mass is 35.5. The number of hydrogen-bond donors (Lipinski definition) is 4. The van der Waals surface area contributed by atoms with E-state index in [1.54, 1.807) is 12.3 Å². The van der Waals surface area contributed by atoms with Gasteiger partial charge < -0.3 is 25.8 Å². The molecule has 1 aliphatic carbocycles. The molecule has 4 aromatic rings. The molecule has 1 aliphatic heterocycles. The molecule has 42 heavy (non-hydrogen) atoms. The molecule has 2 amide bonds. The van der Waals surface area contributed by atoms with E-state index < -0.39 is 11.6 Å². The van der Waals surface area contributed by atoms with Gasteiger partial charge in [0.15, 0.2) is 17.3 Å². The van der Waals surface area contributed by atoms with Crippen LogP contribution in [0.2, 0.25) is 5.02 Å². The maximum Gasteiger partial charge on any atom is 0.319 e. The zero-order valence-corrected chi connectivity index (χ0v) is 23.9. The third-order valence-corrected chi connectivity index (χ3v) is 8.23. The lowest BCUT2D eigenvalue weighted by molar-refractivity contribution is 0.248. The Kier molecular flexibility index (Phi) is 8.48. The molecule has 12 heteroatoms. The van der Waals surface area contributed by atoms with Crippen LogP contribution in [-0.2, 0) is 13.1 Å². The van der Waals surface area contributed by atoms with Crippen molar-refractivity contribution in [3.63, 3.8) is 0 Å². The number of imidazole rings is 1. The fourth-order valence-corrected chi connectivity index (χ4v) is 6.01. The average Bonchev–Trinajstić information content (AvgIpc) is 3.62. The van der Waals surface area contributed by atoms with Gasteiger partial charge in [-0.2, -0.15) is 4.98 Å². The van der Waals surface area contributed by atoms with Gasteiger partial charge in [-0.15, -0.1) is 0 Å². The van der Waals surface area contributed by atoms with Crippen LogP contribution in [0.1, 0.15) is 44.1 Å². The molecule has 2 aromatic heterocycles. The van der Waals surface area contributed by atoms with Crippen LogP contribution in [0.3, 0.4) is 0 Å². The van der Waals surface area contributed by atoms with Crippen LogP contribution in [0.15, 0.2) is 42.6 Å². The molecule has 1 atom stereocenters. The number of halogens is 3. The Labute approximate surface area is 247 Å². The molecule has 6 rings (SSSR count). The number of nitrogens with zero attached hydrogens (tertiary/aromatic N) is 4. The SMILES string of the molecule is O=C(Nc1ccc(-c2nc3cnc(NCc4ccc(F)c(F)c4)nc3n2C[C@@H]2CCCNC2)c(Cl)c1)NC1CCCC1. The van der Waals surface area contributed by atoms with E-state index in [1.165, 1.54) is 6.07 Å². The second kappa shape index (κ2) is 12.6. The van der Waals surface area contributed by atoms with Crippen molar-refractivity contribution >= 4 is 40.4 Å². The molecule has 0 unspecified atom stereocenters. The topological polar surface area (TPSA) is 109 Å². The van der Waals surface area contributed by atoms with E-state index in [4.69, 9.17) is 21.6 Å². The van der Waals surface area contributed by atoms with Gasteiger partial charge in [0.2, 0.25) is 5.95 Å². The van der Waals surface area contributed by atoms with Gasteiger partial charge in [-0.1, -0.05) is 30.5 Å². The minimum absolute atomic E-state index is 0.214. The summed E-state index contributed by atoms with van der Waals surface area (Å²) >= 11 is 6.79. The summed E-state index contributed by atoms with van der Waals surface area (Å²) < 4.78 is 29.1. The highest BCUT2D eigenvalue weighted by Gasteiger charge is 2.22. The number of benzene rings is 2. The maximum absolute atomic E-state index is 13.7. The Morgan fingerprint density at radius 1 is 1.05 bits per heavy atom. The third kappa shape index (κ3) is 6.47. The van der Waals surface area contributed by atoms with Gasteiger partial charge >= 0.3 is 6.03 Å². The molecule has 3 heterocycles. The van der Waals surface area contributed by atoms with Gasteiger partial charge in [-0.25, -0.2) is 23.5 Å². The van der Waals surface area contributed by atoms with E-state index >= 15 is 0 Å². The zero-order chi connectivity index (χ0) is 29.1. The standard InChI is InChI=1S/C30H33ClF2N8O/c31-23-13-21(38-30(42)37-20-5-1-2-6-20)8-9-22(23)27-39-26-16-36-29(35-15-18-7-10-24(32)25(33)12-18)40-28(26)41(27)17-19-4-3-11-34-14-19/h7-10,12-13,16,19-20,34H,1-6,11,14-15,17H2,(H,35,36,40)(H2,37,38,42)/t19-/m1/s1. The van der Waals surface area contributed by atoms with Crippen LogP contribution in [0, 0.1) is 17.6 Å². The molecule has 2 fully saturated rings. The summed E-state index contributed by atoms with van der Waals surface area (Å²) in [5.41, 5.74) is 3.14. The summed E-state index contributed by atoms with van der Waals surface area (Å²) in [4.78, 5) is 26.5. The van der Waals surface area contributed by atoms with Crippen molar-refractivity contribution in [3.05, 3.63) is 64.8 Å². The Hall–Kier alpha value is -3.83. The second-order valence-electron chi connectivity index (χ2n) is 11.0. The largest absolute Gasteiger partial charge is 0.350 e. The molecule has 0 spiro atoms. The van der Waals surface area contributed by atoms with E-state index in [0.717, 1.165) is 69.3 Å². The van der Waals surface area contributed by atoms with Crippen molar-refractivity contribution in [2.24, 2.45) is 5.92 Å². The van der Waals surface area contributed by atoms with Gasteiger partial charge in [0, 0.05) is 30.4 Å². The smallest absolute Gasteiger partial charge is 0.319 e. The number of carbonyl (C=O) groups excluding carboxylic acids is 1. The van der Waals surface area contributed by atoms with Crippen LogP contribution >= 0.6 is 11.6 Å². The van der Waals surface area contributed by atoms with Crippen molar-refractivity contribution in [3.8, 4) is 11.4 Å². The number of aromatic nitrogens is 4. The van der Waals surface area contributed by atoms with Gasteiger partial charge in [-0.3, -0.25) is 0 Å². The van der Waals surface area contributed by atoms with Gasteiger partial charge in [0.1, 0.15) is 11.3 Å². The highest BCUT2D eigenvalue weighted by Crippen LogP contribution is 2.33. The minimum Gasteiger partial charge on any atom is -0.350 e. The summed E-state index contributed by atoms with van der Waals surface area (Å²) in [6, 6.07) is 9.16. The lowest BCUT2D eigenvalue weighted by atomic mass is 9.99. The molecule has 1 saturated heterocycles. The quantitative estimate of drug-likeness (QED) is 0.196. The third-order valence-electron chi connectivity index (χ3n) is 7.92. The summed E-state index contributed by atoms with van der Waals surface area (Å²) in [5.74, 6) is -0.403. The first-order valence-corrected chi connectivity index (χ1v) is 14.8. The monoisotopic (exact) mass is 594 g/mol. The number of hydrogen-bond acceptors (Lipinski definition) is 6. The Morgan fingerprint density at radius 3 is 2.67 bits per heavy atom. The summed E-state index contributed by atoms with van der Waals surface area (Å²) in [7, 11) is 0. The Bertz CT molecular complexity index is 1580. The Morgan fingerprint density at radius 2 is 1.90 bits per heavy atom. The fourth-order valence-electron chi connectivity index (χ4n) is 5.75. The zero-order valence-electron chi connectivity index (χ0n) is 23.1. The minimum atomic E-state index is -0.901. The van der Waals surface area contributed by atoms with Crippen molar-refractivity contribution in [2.45, 2.75) is 57.7 Å². The Balaban J connectivity index is 1.27. The number of amides is 2. The van der Waals surface area contributed by atoms with Crippen molar-refractivity contribution < 1.29 is 13.6 Å². The molecule has 0 radical (unpaired) electrons. The fraction of sp³-hybridized carbons (Fsp3) is 0.400. The van der Waals surface area contributed by atoms with Gasteiger partial charge in [0.05, 0.1) is 11.2 Å². The average molecular weight is 595 g/mol. The van der Waals surface area contributed by atoms with Crippen LogP contribution in [0.25, 0.3) is 22.6 Å². The van der Waals surface area contributed by atoms with E-state index in [0.29, 0.717) is 51.7 Å². The molecular formula is C30H33ClF2N8O. The molecule has 2 aliphatic rings. The maximum atomic E-state index is 13.7. The molecular weight excluding hydrogens is 562 g/mol. The number of carbonyl (C=O) groups is 1. The van der Waals surface area contributed by atoms with E-state index in [2.05, 4.69) is 30.8 Å². The number of nitrogens with one attached hydrogen (secondary N) is 4. The molecule has 4 N–H and O–H groups in total. The number of fused-ring (bicyclic) bond motifs is 1. The van der Waals surface area contributed by atoms with Crippen molar-refractivity contribution in [1.29, 1.82) is 0 Å². The lowest BCUT2D eigenvalue weighted by Gasteiger charge is -2.24. The molecule has 0 bridgehead atoms. The second-order valence-corrected chi connectivity index (χ2v) is 11.4. The van der Waals surface area contributed by atoms with Gasteiger partial charge in [0.25, 0.3) is 0 Å². The molecule has 220 valence electrons. The predicted octanol–water partition coefficient (Wildman–Crippen LogP) is 6.10.